The summed E-state index contributed by atoms with van der Waals surface area (Å²) in [5, 5.41) is 11.8. The summed E-state index contributed by atoms with van der Waals surface area (Å²) in [7, 11) is 3.28. The van der Waals surface area contributed by atoms with E-state index in [1.54, 1.807) is 32.0 Å². The van der Waals surface area contributed by atoms with Crippen molar-refractivity contribution in [2.75, 3.05) is 14.2 Å². The average molecular weight is 476 g/mol. The summed E-state index contributed by atoms with van der Waals surface area (Å²) in [6.07, 6.45) is 0. The fourth-order valence-electron chi connectivity index (χ4n) is 3.31. The third-order valence-corrected chi connectivity index (χ3v) is 6.09. The Morgan fingerprint density at radius 3 is 1.66 bits per heavy atom. The van der Waals surface area contributed by atoms with E-state index >= 15 is 0 Å². The molecule has 4 aromatic rings. The molecule has 0 amide bonds. The van der Waals surface area contributed by atoms with Gasteiger partial charge in [0.15, 0.2) is 5.75 Å². The highest BCUT2D eigenvalue weighted by molar-refractivity contribution is 7.99. The fourth-order valence-corrected chi connectivity index (χ4v) is 4.33. The predicted octanol–water partition coefficient (Wildman–Crippen LogP) is 7.11. The van der Waals surface area contributed by atoms with Crippen molar-refractivity contribution in [1.29, 1.82) is 0 Å². The Morgan fingerprint density at radius 2 is 1.14 bits per heavy atom. The summed E-state index contributed by atoms with van der Waals surface area (Å²) in [5.74, 6) is 14.5. The molecule has 0 N–H and O–H groups in total. The first kappa shape index (κ1) is 23.9. The average Bonchev–Trinajstić information content (AvgIpc) is 2.88. The zero-order valence-electron chi connectivity index (χ0n) is 19.7. The lowest BCUT2D eigenvalue weighted by Crippen LogP contribution is -1.86. The van der Waals surface area contributed by atoms with Gasteiger partial charge in [0.1, 0.15) is 11.5 Å². The topological polar surface area (TPSA) is 38.4 Å². The molecule has 4 heteroatoms. The Balaban J connectivity index is 1.71. The predicted molar refractivity (Wildman–Crippen MR) is 140 cm³/mol. The second kappa shape index (κ2) is 11.3. The molecule has 4 aromatic carbocycles. The number of methoxy groups -OCH3 is 2. The van der Waals surface area contributed by atoms with Crippen molar-refractivity contribution in [3.05, 3.63) is 113 Å². The molecule has 0 aliphatic heterocycles. The number of hydrogen-bond acceptors (Lipinski definition) is 3. The number of hydrogen-bond donors (Lipinski definition) is 0. The highest BCUT2D eigenvalue weighted by Gasteiger charge is 2.05. The van der Waals surface area contributed by atoms with E-state index in [0.717, 1.165) is 49.1 Å². The summed E-state index contributed by atoms with van der Waals surface area (Å²) in [6, 6.07) is 26.7. The first-order chi connectivity index (χ1) is 17.0. The van der Waals surface area contributed by atoms with Crippen LogP contribution in [0.25, 0.3) is 0 Å². The van der Waals surface area contributed by atoms with Crippen LogP contribution in [0.1, 0.15) is 27.8 Å². The van der Waals surface area contributed by atoms with Crippen molar-refractivity contribution in [2.24, 2.45) is 0 Å². The van der Waals surface area contributed by atoms with Gasteiger partial charge in [-0.05, 0) is 85.3 Å². The van der Waals surface area contributed by atoms with Gasteiger partial charge in [-0.1, -0.05) is 47.6 Å². The molecular formula is C31H23O3S. The lowest BCUT2D eigenvalue weighted by Gasteiger charge is -2.06. The van der Waals surface area contributed by atoms with Crippen LogP contribution in [0.3, 0.4) is 0 Å². The number of aryl methyl sites for hydroxylation is 1. The maximum atomic E-state index is 11.8. The summed E-state index contributed by atoms with van der Waals surface area (Å²) in [5.41, 5.74) is 4.16. The number of rotatable bonds is 4. The van der Waals surface area contributed by atoms with Crippen LogP contribution in [0.15, 0.2) is 94.7 Å². The molecule has 0 bridgehead atoms. The van der Waals surface area contributed by atoms with Gasteiger partial charge >= 0.3 is 0 Å². The lowest BCUT2D eigenvalue weighted by molar-refractivity contribution is 0.351. The minimum atomic E-state index is 0.0390. The van der Waals surface area contributed by atoms with Gasteiger partial charge in [-0.3, -0.25) is 5.11 Å². The first-order valence-electron chi connectivity index (χ1n) is 10.9. The molecule has 0 spiro atoms. The maximum absolute atomic E-state index is 11.8. The SMILES string of the molecule is COc1cccc(C#Cc2cc(C#Cc3cccc(OC)c3)cc(Sc3ccc([O])c(C)c3)c2)c1. The zero-order valence-corrected chi connectivity index (χ0v) is 20.5. The molecule has 0 atom stereocenters. The molecule has 35 heavy (non-hydrogen) atoms. The number of benzene rings is 4. The molecule has 1 radical (unpaired) electrons. The van der Waals surface area contributed by atoms with Crippen molar-refractivity contribution in [2.45, 2.75) is 16.7 Å². The standard InChI is InChI=1S/C31H23O3S/c1-22-16-29(14-15-31(22)32)35-30-20-25(12-10-23-6-4-8-27(18-23)33-2)17-26(21-30)13-11-24-7-5-9-28(19-24)34-3/h4-9,14-21H,1-3H3. The lowest BCUT2D eigenvalue weighted by atomic mass is 10.1. The first-order valence-corrected chi connectivity index (χ1v) is 11.8. The third kappa shape index (κ3) is 6.64. The third-order valence-electron chi connectivity index (χ3n) is 5.13. The van der Waals surface area contributed by atoms with Gasteiger partial charge < -0.3 is 9.47 Å². The summed E-state index contributed by atoms with van der Waals surface area (Å²) in [4.78, 5) is 1.99. The largest absolute Gasteiger partial charge is 0.497 e. The van der Waals surface area contributed by atoms with Crippen molar-refractivity contribution in [3.63, 3.8) is 0 Å². The van der Waals surface area contributed by atoms with Gasteiger partial charge in [0.05, 0.1) is 14.2 Å². The second-order valence-corrected chi connectivity index (χ2v) is 8.89. The second-order valence-electron chi connectivity index (χ2n) is 7.74. The van der Waals surface area contributed by atoms with Gasteiger partial charge in [0.2, 0.25) is 0 Å². The molecule has 0 aromatic heterocycles. The highest BCUT2D eigenvalue weighted by atomic mass is 32.2. The Morgan fingerprint density at radius 1 is 0.600 bits per heavy atom. The van der Waals surface area contributed by atoms with Gasteiger partial charge in [0.25, 0.3) is 0 Å². The quantitative estimate of drug-likeness (QED) is 0.295. The van der Waals surface area contributed by atoms with E-state index in [-0.39, 0.29) is 5.75 Å². The Labute approximate surface area is 210 Å². The zero-order chi connectivity index (χ0) is 24.6. The van der Waals surface area contributed by atoms with Crippen LogP contribution in [-0.2, 0) is 5.11 Å². The summed E-state index contributed by atoms with van der Waals surface area (Å²) in [6.45, 7) is 1.83. The molecule has 0 fully saturated rings. The Hall–Kier alpha value is -4.25. The Kier molecular flexibility index (Phi) is 7.68. The van der Waals surface area contributed by atoms with Crippen molar-refractivity contribution in [3.8, 4) is 40.9 Å². The van der Waals surface area contributed by atoms with Crippen molar-refractivity contribution < 1.29 is 14.6 Å². The van der Waals surface area contributed by atoms with Gasteiger partial charge in [-0.25, -0.2) is 0 Å². The van der Waals surface area contributed by atoms with Crippen LogP contribution in [0.2, 0.25) is 0 Å². The van der Waals surface area contributed by atoms with Crippen molar-refractivity contribution >= 4 is 11.8 Å². The Bertz CT molecular complexity index is 1400. The van der Waals surface area contributed by atoms with Gasteiger partial charge in [-0.15, -0.1) is 0 Å². The summed E-state index contributed by atoms with van der Waals surface area (Å²) < 4.78 is 10.6. The van der Waals surface area contributed by atoms with Crippen LogP contribution in [0, 0.1) is 30.6 Å². The smallest absolute Gasteiger partial charge is 0.181 e. The fraction of sp³-hybridized carbons (Fsp3) is 0.0968. The van der Waals surface area contributed by atoms with Gasteiger partial charge in [-0.2, -0.15) is 0 Å². The van der Waals surface area contributed by atoms with Gasteiger partial charge in [0, 0.05) is 32.0 Å². The van der Waals surface area contributed by atoms with Crippen molar-refractivity contribution in [1.82, 2.24) is 0 Å². The molecule has 171 valence electrons. The van der Waals surface area contributed by atoms with E-state index in [9.17, 15) is 5.11 Å². The molecular weight excluding hydrogens is 452 g/mol. The van der Waals surface area contributed by atoms with Crippen LogP contribution >= 0.6 is 11.8 Å². The van der Waals surface area contributed by atoms with E-state index in [0.29, 0.717) is 0 Å². The molecule has 0 unspecified atom stereocenters. The highest BCUT2D eigenvalue weighted by Crippen LogP contribution is 2.32. The monoisotopic (exact) mass is 475 g/mol. The minimum Gasteiger partial charge on any atom is -0.497 e. The van der Waals surface area contributed by atoms with Crippen LogP contribution in [0.4, 0.5) is 0 Å². The van der Waals surface area contributed by atoms with E-state index in [1.165, 1.54) is 0 Å². The molecule has 0 aliphatic carbocycles. The van der Waals surface area contributed by atoms with Crippen LogP contribution in [-0.4, -0.2) is 14.2 Å². The molecule has 0 saturated carbocycles. The molecule has 3 nitrogen and oxygen atoms in total. The van der Waals surface area contributed by atoms with Crippen LogP contribution in [0.5, 0.6) is 17.2 Å². The maximum Gasteiger partial charge on any atom is 0.181 e. The van der Waals surface area contributed by atoms with E-state index in [1.807, 2.05) is 85.8 Å². The van der Waals surface area contributed by atoms with E-state index in [4.69, 9.17) is 9.47 Å². The summed E-state index contributed by atoms with van der Waals surface area (Å²) >= 11 is 1.58. The normalized spacial score (nSPS) is 9.91. The van der Waals surface area contributed by atoms with Crippen LogP contribution < -0.4 is 9.47 Å². The molecule has 0 aliphatic rings. The molecule has 0 heterocycles. The number of ether oxygens (including phenoxy) is 2. The molecule has 0 saturated heterocycles. The molecule has 4 rings (SSSR count). The van der Waals surface area contributed by atoms with E-state index < -0.39 is 0 Å². The minimum absolute atomic E-state index is 0.0390. The van der Waals surface area contributed by atoms with E-state index in [2.05, 4.69) is 23.7 Å².